The van der Waals surface area contributed by atoms with Gasteiger partial charge in [0.05, 0.1) is 19.2 Å². The molecule has 0 aliphatic rings. The van der Waals surface area contributed by atoms with Crippen molar-refractivity contribution in [1.82, 2.24) is 18.7 Å². The number of benzene rings is 1. The number of fused-ring (bicyclic) bond motifs is 1. The van der Waals surface area contributed by atoms with Gasteiger partial charge in [-0.25, -0.2) is 9.78 Å². The van der Waals surface area contributed by atoms with Gasteiger partial charge < -0.3 is 9.67 Å². The monoisotopic (exact) mass is 426 g/mol. The van der Waals surface area contributed by atoms with E-state index in [1.165, 1.54) is 11.5 Å². The van der Waals surface area contributed by atoms with Crippen LogP contribution in [0.5, 0.6) is 0 Å². The average Bonchev–Trinajstić information content (AvgIpc) is 2.88. The molecule has 25 heavy (non-hydrogen) atoms. The van der Waals surface area contributed by atoms with E-state index in [2.05, 4.69) is 20.9 Å². The maximum absolute atomic E-state index is 12.9. The molecule has 3 aromatic rings. The molecule has 2 heterocycles. The lowest BCUT2D eigenvalue weighted by Crippen LogP contribution is -2.41. The first-order chi connectivity index (χ1) is 11.8. The fourth-order valence-corrected chi connectivity index (χ4v) is 3.38. The van der Waals surface area contributed by atoms with E-state index in [0.717, 1.165) is 10.1 Å². The molecule has 1 unspecified atom stereocenters. The van der Waals surface area contributed by atoms with Gasteiger partial charge in [0.2, 0.25) is 0 Å². The van der Waals surface area contributed by atoms with Gasteiger partial charge in [-0.2, -0.15) is 0 Å². The molecule has 0 fully saturated rings. The highest BCUT2D eigenvalue weighted by Gasteiger charge is 2.20. The highest BCUT2D eigenvalue weighted by atomic mass is 79.9. The smallest absolute Gasteiger partial charge is 0.332 e. The Bertz CT molecular complexity index is 1070. The number of hydrogen-bond acceptors (Lipinski definition) is 4. The van der Waals surface area contributed by atoms with Crippen LogP contribution in [0.15, 0.2) is 38.6 Å². The normalized spacial score (nSPS) is 12.7. The van der Waals surface area contributed by atoms with Crippen molar-refractivity contribution in [3.8, 4) is 0 Å². The summed E-state index contributed by atoms with van der Waals surface area (Å²) >= 11 is 9.58. The van der Waals surface area contributed by atoms with Gasteiger partial charge in [-0.1, -0.05) is 29.8 Å². The Labute approximate surface area is 156 Å². The second-order valence-electron chi connectivity index (χ2n) is 5.84. The first-order valence-corrected chi connectivity index (χ1v) is 8.75. The summed E-state index contributed by atoms with van der Waals surface area (Å²) in [7, 11) is 1.54. The number of imidazole rings is 1. The summed E-state index contributed by atoms with van der Waals surface area (Å²) in [6, 6.07) is 7.31. The molecule has 1 aromatic carbocycles. The van der Waals surface area contributed by atoms with Crippen molar-refractivity contribution in [2.45, 2.75) is 26.1 Å². The predicted octanol–water partition coefficient (Wildman–Crippen LogP) is 1.74. The maximum atomic E-state index is 12.9. The molecule has 1 N–H and O–H groups in total. The summed E-state index contributed by atoms with van der Waals surface area (Å²) in [6.07, 6.45) is -0.828. The molecular weight excluding hydrogens is 412 g/mol. The van der Waals surface area contributed by atoms with Crippen LogP contribution in [0.1, 0.15) is 12.5 Å². The molecule has 0 aliphatic carbocycles. The fraction of sp³-hybridized carbons (Fsp3) is 0.312. The van der Waals surface area contributed by atoms with Crippen molar-refractivity contribution in [2.75, 3.05) is 0 Å². The molecule has 0 spiro atoms. The van der Waals surface area contributed by atoms with E-state index in [0.29, 0.717) is 16.3 Å². The summed E-state index contributed by atoms with van der Waals surface area (Å²) in [5, 5.41) is 10.2. The molecule has 0 aliphatic heterocycles. The first-order valence-electron chi connectivity index (χ1n) is 7.58. The van der Waals surface area contributed by atoms with Gasteiger partial charge in [0.25, 0.3) is 5.56 Å². The number of rotatable bonds is 4. The van der Waals surface area contributed by atoms with Gasteiger partial charge in [-0.15, -0.1) is 0 Å². The zero-order chi connectivity index (χ0) is 18.3. The predicted molar refractivity (Wildman–Crippen MR) is 99.2 cm³/mol. The number of aliphatic hydroxyl groups excluding tert-OH is 1. The number of aromatic nitrogens is 4. The molecule has 0 saturated carbocycles. The molecule has 9 heteroatoms. The molecular formula is C16H16BrClN4O3. The van der Waals surface area contributed by atoms with E-state index >= 15 is 0 Å². The number of nitrogens with zero attached hydrogens (tertiary/aromatic N) is 4. The molecule has 0 radical (unpaired) electrons. The van der Waals surface area contributed by atoms with Gasteiger partial charge in [0.15, 0.2) is 15.9 Å². The fourth-order valence-electron chi connectivity index (χ4n) is 2.71. The largest absolute Gasteiger partial charge is 0.392 e. The second-order valence-corrected chi connectivity index (χ2v) is 6.95. The molecule has 2 aromatic heterocycles. The first kappa shape index (κ1) is 17.9. The Morgan fingerprint density at radius 2 is 1.96 bits per heavy atom. The number of aliphatic hydroxyl groups is 1. The molecule has 1 atom stereocenters. The third-order valence-electron chi connectivity index (χ3n) is 3.92. The third-order valence-corrected chi connectivity index (χ3v) is 4.89. The molecule has 3 rings (SSSR count). The van der Waals surface area contributed by atoms with E-state index < -0.39 is 17.4 Å². The van der Waals surface area contributed by atoms with Crippen molar-refractivity contribution in [2.24, 2.45) is 7.05 Å². The van der Waals surface area contributed by atoms with Crippen molar-refractivity contribution in [3.05, 3.63) is 60.4 Å². The van der Waals surface area contributed by atoms with Gasteiger partial charge in [-0.05, 0) is 34.5 Å². The van der Waals surface area contributed by atoms with Gasteiger partial charge in [0, 0.05) is 12.1 Å². The van der Waals surface area contributed by atoms with Gasteiger partial charge in [0.1, 0.15) is 0 Å². The maximum Gasteiger partial charge on any atom is 0.332 e. The average molecular weight is 428 g/mol. The van der Waals surface area contributed by atoms with Crippen molar-refractivity contribution in [3.63, 3.8) is 0 Å². The van der Waals surface area contributed by atoms with Crippen LogP contribution in [-0.4, -0.2) is 29.9 Å². The lowest BCUT2D eigenvalue weighted by molar-refractivity contribution is 0.170. The molecule has 0 saturated heterocycles. The van der Waals surface area contributed by atoms with Crippen molar-refractivity contribution in [1.29, 1.82) is 0 Å². The van der Waals surface area contributed by atoms with Crippen LogP contribution in [0.2, 0.25) is 5.02 Å². The topological polar surface area (TPSA) is 82.1 Å². The Balaban J connectivity index is 2.28. The van der Waals surface area contributed by atoms with Crippen LogP contribution in [0.25, 0.3) is 11.2 Å². The van der Waals surface area contributed by atoms with Crippen molar-refractivity contribution >= 4 is 38.7 Å². The van der Waals surface area contributed by atoms with Crippen LogP contribution in [0.3, 0.4) is 0 Å². The molecule has 7 nitrogen and oxygen atoms in total. The molecule has 0 bridgehead atoms. The van der Waals surface area contributed by atoms with Crippen LogP contribution in [-0.2, 0) is 20.1 Å². The highest BCUT2D eigenvalue weighted by Crippen LogP contribution is 2.22. The third kappa shape index (κ3) is 3.17. The molecule has 132 valence electrons. The minimum absolute atomic E-state index is 0.0870. The van der Waals surface area contributed by atoms with Crippen molar-refractivity contribution < 1.29 is 5.11 Å². The number of hydrogen-bond donors (Lipinski definition) is 1. The summed E-state index contributed by atoms with van der Waals surface area (Å²) < 4.78 is 4.40. The second kappa shape index (κ2) is 6.78. The van der Waals surface area contributed by atoms with Crippen LogP contribution >= 0.6 is 27.5 Å². The Hall–Kier alpha value is -1.90. The Morgan fingerprint density at radius 1 is 1.28 bits per heavy atom. The summed E-state index contributed by atoms with van der Waals surface area (Å²) in [5.74, 6) is 0. The minimum Gasteiger partial charge on any atom is -0.392 e. The van der Waals surface area contributed by atoms with E-state index in [1.54, 1.807) is 17.7 Å². The van der Waals surface area contributed by atoms with Gasteiger partial charge >= 0.3 is 5.69 Å². The number of halogens is 2. The number of aryl methyl sites for hydroxylation is 1. The summed E-state index contributed by atoms with van der Waals surface area (Å²) in [4.78, 5) is 29.6. The van der Waals surface area contributed by atoms with Crippen LogP contribution in [0, 0.1) is 0 Å². The molecule has 0 amide bonds. The van der Waals surface area contributed by atoms with E-state index in [9.17, 15) is 14.7 Å². The highest BCUT2D eigenvalue weighted by molar-refractivity contribution is 9.10. The zero-order valence-electron chi connectivity index (χ0n) is 13.6. The Kier molecular flexibility index (Phi) is 4.86. The van der Waals surface area contributed by atoms with E-state index in [4.69, 9.17) is 11.6 Å². The standard InChI is InChI=1S/C16H16BrClN4O3/c1-9(23)7-22-14(24)12-13(20(2)16(22)25)19-15(17)21(12)8-10-5-3-4-6-11(10)18/h3-6,9,23H,7-8H2,1-2H3. The minimum atomic E-state index is -0.828. The Morgan fingerprint density at radius 3 is 2.60 bits per heavy atom. The van der Waals surface area contributed by atoms with E-state index in [-0.39, 0.29) is 17.7 Å². The summed E-state index contributed by atoms with van der Waals surface area (Å²) in [5.41, 5.74) is 0.349. The zero-order valence-corrected chi connectivity index (χ0v) is 16.0. The van der Waals surface area contributed by atoms with E-state index in [1.807, 2.05) is 18.2 Å². The SMILES string of the molecule is CC(O)Cn1c(=O)c2c(nc(Br)n2Cc2ccccc2Cl)n(C)c1=O. The van der Waals surface area contributed by atoms with Crippen LogP contribution < -0.4 is 11.2 Å². The lowest BCUT2D eigenvalue weighted by atomic mass is 10.2. The van der Waals surface area contributed by atoms with Crippen LogP contribution in [0.4, 0.5) is 0 Å². The van der Waals surface area contributed by atoms with Gasteiger partial charge in [-0.3, -0.25) is 13.9 Å². The quantitative estimate of drug-likeness (QED) is 0.643. The summed E-state index contributed by atoms with van der Waals surface area (Å²) in [6.45, 7) is 1.75. The lowest BCUT2D eigenvalue weighted by Gasteiger charge is -2.11.